The lowest BCUT2D eigenvalue weighted by atomic mass is 10.1. The van der Waals surface area contributed by atoms with E-state index in [1.165, 1.54) is 0 Å². The highest BCUT2D eigenvalue weighted by atomic mass is 16.1. The first kappa shape index (κ1) is 14.4. The maximum absolute atomic E-state index is 11.5. The number of rotatable bonds is 3. The second kappa shape index (κ2) is 5.78. The lowest BCUT2D eigenvalue weighted by molar-refractivity contribution is 0.101. The molecule has 0 N–H and O–H groups in total. The maximum Gasteiger partial charge on any atom is 0.159 e. The summed E-state index contributed by atoms with van der Waals surface area (Å²) < 4.78 is 2.15. The van der Waals surface area contributed by atoms with Crippen LogP contribution in [-0.4, -0.2) is 15.3 Å². The zero-order chi connectivity index (χ0) is 16.5. The first-order valence-electron chi connectivity index (χ1n) is 7.88. The highest BCUT2D eigenvalue weighted by Crippen LogP contribution is 2.28. The Balaban J connectivity index is 1.96. The first-order chi connectivity index (χ1) is 11.7. The third-order valence-corrected chi connectivity index (χ3v) is 4.12. The van der Waals surface area contributed by atoms with Crippen LogP contribution in [0.5, 0.6) is 0 Å². The molecular formula is C21H16N2O. The van der Waals surface area contributed by atoms with E-state index < -0.39 is 0 Å². The summed E-state index contributed by atoms with van der Waals surface area (Å²) in [5, 5.41) is 0. The Kier molecular flexibility index (Phi) is 3.47. The Hall–Kier alpha value is -3.20. The molecule has 0 spiro atoms. The van der Waals surface area contributed by atoms with Gasteiger partial charge in [-0.2, -0.15) is 0 Å². The number of Topliss-reactive ketones (excluding diaryl/α,β-unsaturated/α-hetero) is 1. The van der Waals surface area contributed by atoms with Crippen LogP contribution in [0.3, 0.4) is 0 Å². The van der Waals surface area contributed by atoms with Crippen LogP contribution in [0.15, 0.2) is 78.9 Å². The van der Waals surface area contributed by atoms with E-state index in [0.717, 1.165) is 28.1 Å². The molecule has 4 rings (SSSR count). The molecule has 0 aliphatic rings. The third-order valence-electron chi connectivity index (χ3n) is 4.12. The molecule has 0 amide bonds. The van der Waals surface area contributed by atoms with E-state index in [0.29, 0.717) is 5.56 Å². The number of para-hydroxylation sites is 3. The van der Waals surface area contributed by atoms with Crippen molar-refractivity contribution in [2.24, 2.45) is 0 Å². The molecule has 24 heavy (non-hydrogen) atoms. The quantitative estimate of drug-likeness (QED) is 0.505. The van der Waals surface area contributed by atoms with E-state index in [-0.39, 0.29) is 5.78 Å². The van der Waals surface area contributed by atoms with Gasteiger partial charge in [-0.05, 0) is 31.2 Å². The minimum absolute atomic E-state index is 0.0677. The molecule has 0 aliphatic heterocycles. The normalized spacial score (nSPS) is 10.9. The molecule has 1 heterocycles. The average molecular weight is 312 g/mol. The van der Waals surface area contributed by atoms with Crippen molar-refractivity contribution in [3.05, 3.63) is 84.4 Å². The lowest BCUT2D eigenvalue weighted by Crippen LogP contribution is -1.98. The molecular weight excluding hydrogens is 296 g/mol. The molecule has 0 radical (unpaired) electrons. The molecule has 0 saturated carbocycles. The summed E-state index contributed by atoms with van der Waals surface area (Å²) in [6.45, 7) is 1.58. The molecule has 3 heteroatoms. The predicted octanol–water partition coefficient (Wildman–Crippen LogP) is 4.90. The van der Waals surface area contributed by atoms with Crippen LogP contribution < -0.4 is 0 Å². The van der Waals surface area contributed by atoms with Gasteiger partial charge in [0.2, 0.25) is 0 Å². The van der Waals surface area contributed by atoms with Crippen molar-refractivity contribution >= 4 is 16.8 Å². The minimum atomic E-state index is 0.0677. The van der Waals surface area contributed by atoms with Gasteiger partial charge in [-0.25, -0.2) is 4.98 Å². The topological polar surface area (TPSA) is 34.9 Å². The monoisotopic (exact) mass is 312 g/mol. The van der Waals surface area contributed by atoms with Crippen molar-refractivity contribution in [1.29, 1.82) is 0 Å². The van der Waals surface area contributed by atoms with Crippen LogP contribution >= 0.6 is 0 Å². The SMILES string of the molecule is CC(=O)c1ccc(-c2nc3ccccc3n2-c2ccccc2)cc1. The minimum Gasteiger partial charge on any atom is -0.295 e. The van der Waals surface area contributed by atoms with Gasteiger partial charge in [-0.1, -0.05) is 54.6 Å². The number of carbonyl (C=O) groups is 1. The van der Waals surface area contributed by atoms with Crippen molar-refractivity contribution in [2.75, 3.05) is 0 Å². The smallest absolute Gasteiger partial charge is 0.159 e. The zero-order valence-electron chi connectivity index (χ0n) is 13.3. The second-order valence-electron chi connectivity index (χ2n) is 5.73. The standard InChI is InChI=1S/C21H16N2O/c1-15(24)16-11-13-17(14-12-16)21-22-19-9-5-6-10-20(19)23(21)18-7-3-2-4-8-18/h2-14H,1H3. The highest BCUT2D eigenvalue weighted by molar-refractivity contribution is 5.94. The van der Waals surface area contributed by atoms with Gasteiger partial charge >= 0.3 is 0 Å². The van der Waals surface area contributed by atoms with Gasteiger partial charge in [-0.15, -0.1) is 0 Å². The van der Waals surface area contributed by atoms with Crippen molar-refractivity contribution < 1.29 is 4.79 Å². The first-order valence-corrected chi connectivity index (χ1v) is 7.88. The van der Waals surface area contributed by atoms with Crippen LogP contribution in [-0.2, 0) is 0 Å². The summed E-state index contributed by atoms with van der Waals surface area (Å²) >= 11 is 0. The summed E-state index contributed by atoms with van der Waals surface area (Å²) in [5.41, 5.74) is 4.78. The molecule has 0 fully saturated rings. The highest BCUT2D eigenvalue weighted by Gasteiger charge is 2.14. The Morgan fingerprint density at radius 1 is 0.833 bits per heavy atom. The molecule has 0 bridgehead atoms. The van der Waals surface area contributed by atoms with Gasteiger partial charge in [0.25, 0.3) is 0 Å². The number of aromatic nitrogens is 2. The van der Waals surface area contributed by atoms with Gasteiger partial charge < -0.3 is 0 Å². The summed E-state index contributed by atoms with van der Waals surface area (Å²) in [6, 6.07) is 25.9. The molecule has 3 nitrogen and oxygen atoms in total. The summed E-state index contributed by atoms with van der Waals surface area (Å²) in [4.78, 5) is 16.3. The number of ketones is 1. The van der Waals surface area contributed by atoms with Crippen LogP contribution in [0.25, 0.3) is 28.1 Å². The van der Waals surface area contributed by atoms with E-state index in [2.05, 4.69) is 22.8 Å². The molecule has 0 atom stereocenters. The van der Waals surface area contributed by atoms with Crippen LogP contribution in [0.1, 0.15) is 17.3 Å². The molecule has 0 unspecified atom stereocenters. The molecule has 4 aromatic rings. The van der Waals surface area contributed by atoms with E-state index in [4.69, 9.17) is 4.98 Å². The third kappa shape index (κ3) is 2.40. The molecule has 116 valence electrons. The predicted molar refractivity (Wildman–Crippen MR) is 96.5 cm³/mol. The number of benzene rings is 3. The van der Waals surface area contributed by atoms with Crippen molar-refractivity contribution in [3.8, 4) is 17.1 Å². The fourth-order valence-electron chi connectivity index (χ4n) is 2.91. The Morgan fingerprint density at radius 3 is 2.21 bits per heavy atom. The van der Waals surface area contributed by atoms with Crippen LogP contribution in [0.2, 0.25) is 0 Å². The Bertz CT molecular complexity index is 1010. The number of carbonyl (C=O) groups excluding carboxylic acids is 1. The summed E-state index contributed by atoms with van der Waals surface area (Å²) in [6.07, 6.45) is 0. The molecule has 0 aliphatic carbocycles. The summed E-state index contributed by atoms with van der Waals surface area (Å²) in [7, 11) is 0. The average Bonchev–Trinajstić information content (AvgIpc) is 3.02. The van der Waals surface area contributed by atoms with Gasteiger partial charge in [-0.3, -0.25) is 9.36 Å². The van der Waals surface area contributed by atoms with E-state index in [1.54, 1.807) is 6.92 Å². The van der Waals surface area contributed by atoms with Crippen molar-refractivity contribution in [3.63, 3.8) is 0 Å². The van der Waals surface area contributed by atoms with Gasteiger partial charge in [0.15, 0.2) is 5.78 Å². The maximum atomic E-state index is 11.5. The largest absolute Gasteiger partial charge is 0.295 e. The van der Waals surface area contributed by atoms with Gasteiger partial charge in [0, 0.05) is 16.8 Å². The van der Waals surface area contributed by atoms with E-state index >= 15 is 0 Å². The van der Waals surface area contributed by atoms with E-state index in [1.807, 2.05) is 60.7 Å². The second-order valence-corrected chi connectivity index (χ2v) is 5.73. The van der Waals surface area contributed by atoms with Crippen molar-refractivity contribution in [2.45, 2.75) is 6.92 Å². The number of imidazole rings is 1. The fourth-order valence-corrected chi connectivity index (χ4v) is 2.91. The van der Waals surface area contributed by atoms with Crippen LogP contribution in [0, 0.1) is 0 Å². The number of fused-ring (bicyclic) bond motifs is 1. The zero-order valence-corrected chi connectivity index (χ0v) is 13.3. The van der Waals surface area contributed by atoms with Gasteiger partial charge in [0.1, 0.15) is 5.82 Å². The Morgan fingerprint density at radius 2 is 1.50 bits per heavy atom. The number of nitrogens with zero attached hydrogens (tertiary/aromatic N) is 2. The molecule has 1 aromatic heterocycles. The molecule has 0 saturated heterocycles. The molecule has 3 aromatic carbocycles. The van der Waals surface area contributed by atoms with Gasteiger partial charge in [0.05, 0.1) is 11.0 Å². The number of hydrogen-bond acceptors (Lipinski definition) is 2. The fraction of sp³-hybridized carbons (Fsp3) is 0.0476. The van der Waals surface area contributed by atoms with Crippen molar-refractivity contribution in [1.82, 2.24) is 9.55 Å². The lowest BCUT2D eigenvalue weighted by Gasteiger charge is -2.09. The summed E-state index contributed by atoms with van der Waals surface area (Å²) in [5.74, 6) is 0.940. The number of hydrogen-bond donors (Lipinski definition) is 0. The van der Waals surface area contributed by atoms with Crippen LogP contribution in [0.4, 0.5) is 0 Å². The Labute approximate surface area is 140 Å². The van der Waals surface area contributed by atoms with E-state index in [9.17, 15) is 4.79 Å².